The molecule has 0 aromatic heterocycles. The van der Waals surface area contributed by atoms with Crippen LogP contribution < -0.4 is 4.52 Å². The first-order valence-corrected chi connectivity index (χ1v) is 9.08. The molecule has 1 aromatic carbocycles. The molecule has 1 aromatic rings. The molecule has 0 saturated carbocycles. The Morgan fingerprint density at radius 2 is 1.65 bits per heavy atom. The summed E-state index contributed by atoms with van der Waals surface area (Å²) in [6.07, 6.45) is 2.02. The molecular weight excluding hydrogens is 295 g/mol. The molecule has 0 radical (unpaired) electrons. The molecule has 2 aliphatic rings. The van der Waals surface area contributed by atoms with E-state index in [1.54, 1.807) is 24.3 Å². The summed E-state index contributed by atoms with van der Waals surface area (Å²) in [6, 6.07) is 7.88. The molecule has 110 valence electrons. The summed E-state index contributed by atoms with van der Waals surface area (Å²) in [5.41, 5.74) is 0. The summed E-state index contributed by atoms with van der Waals surface area (Å²) in [6.45, 7) is 5.98. The van der Waals surface area contributed by atoms with E-state index < -0.39 is 7.67 Å². The normalized spacial score (nSPS) is 34.4. The van der Waals surface area contributed by atoms with E-state index >= 15 is 0 Å². The average Bonchev–Trinajstić information content (AvgIpc) is 3.34. The molecule has 0 N–H and O–H groups in total. The molecule has 0 spiro atoms. The highest BCUT2D eigenvalue weighted by Crippen LogP contribution is 2.65. The van der Waals surface area contributed by atoms with Gasteiger partial charge in [0, 0.05) is 30.2 Å². The summed E-state index contributed by atoms with van der Waals surface area (Å²) in [4.78, 5) is 0. The van der Waals surface area contributed by atoms with Crippen LogP contribution in [0.15, 0.2) is 24.3 Å². The van der Waals surface area contributed by atoms with Crippen LogP contribution in [0, 0.1) is 0 Å². The monoisotopic (exact) mass is 314 g/mol. The van der Waals surface area contributed by atoms with Gasteiger partial charge in [-0.15, -0.1) is 0 Å². The second-order valence-corrected chi connectivity index (χ2v) is 8.03. The van der Waals surface area contributed by atoms with Crippen molar-refractivity contribution in [2.24, 2.45) is 0 Å². The van der Waals surface area contributed by atoms with E-state index in [2.05, 4.69) is 13.8 Å². The van der Waals surface area contributed by atoms with E-state index in [9.17, 15) is 4.57 Å². The molecule has 0 bridgehead atoms. The topological polar surface area (TPSA) is 32.3 Å². The maximum atomic E-state index is 13.3. The van der Waals surface area contributed by atoms with Gasteiger partial charge in [0.05, 0.1) is 0 Å². The molecule has 2 saturated heterocycles. The van der Waals surface area contributed by atoms with Crippen molar-refractivity contribution in [2.45, 2.75) is 38.8 Å². The van der Waals surface area contributed by atoms with Crippen LogP contribution >= 0.6 is 19.3 Å². The molecule has 0 amide bonds. The van der Waals surface area contributed by atoms with Crippen LogP contribution in [0.5, 0.6) is 5.75 Å². The molecule has 2 heterocycles. The van der Waals surface area contributed by atoms with Gasteiger partial charge >= 0.3 is 7.67 Å². The maximum absolute atomic E-state index is 13.3. The molecule has 4 atom stereocenters. The fourth-order valence-corrected chi connectivity index (χ4v) is 5.49. The number of hydrogen-bond donors (Lipinski definition) is 0. The summed E-state index contributed by atoms with van der Waals surface area (Å²) in [5, 5.41) is 0.656. The van der Waals surface area contributed by atoms with Gasteiger partial charge in [-0.25, -0.2) is 13.9 Å². The van der Waals surface area contributed by atoms with Gasteiger partial charge in [-0.1, -0.05) is 25.4 Å². The molecule has 20 heavy (non-hydrogen) atoms. The number of benzene rings is 1. The van der Waals surface area contributed by atoms with Crippen LogP contribution in [0.1, 0.15) is 26.7 Å². The van der Waals surface area contributed by atoms with Gasteiger partial charge < -0.3 is 4.52 Å². The van der Waals surface area contributed by atoms with E-state index in [0.29, 0.717) is 22.9 Å². The number of nitrogens with zero attached hydrogens (tertiary/aromatic N) is 2. The van der Waals surface area contributed by atoms with Crippen LogP contribution in [0.2, 0.25) is 5.02 Å². The first-order chi connectivity index (χ1) is 9.58. The third-order valence-corrected chi connectivity index (χ3v) is 6.98. The summed E-state index contributed by atoms with van der Waals surface area (Å²) in [5.74, 6) is 0.626. The Hall–Kier alpha value is -0.540. The second kappa shape index (κ2) is 5.34. The summed E-state index contributed by atoms with van der Waals surface area (Å²) < 4.78 is 23.3. The highest BCUT2D eigenvalue weighted by Gasteiger charge is 2.59. The predicted molar refractivity (Wildman–Crippen MR) is 81.3 cm³/mol. The van der Waals surface area contributed by atoms with Crippen molar-refractivity contribution >= 4 is 19.3 Å². The average molecular weight is 315 g/mol. The van der Waals surface area contributed by atoms with Gasteiger partial charge in [0.1, 0.15) is 5.75 Å². The van der Waals surface area contributed by atoms with Crippen LogP contribution in [-0.4, -0.2) is 34.5 Å². The Labute approximate surface area is 125 Å². The minimum Gasteiger partial charge on any atom is -0.422 e. The van der Waals surface area contributed by atoms with Crippen LogP contribution in [0.4, 0.5) is 0 Å². The lowest BCUT2D eigenvalue weighted by molar-refractivity contribution is 0.395. The molecule has 4 nitrogen and oxygen atoms in total. The van der Waals surface area contributed by atoms with Gasteiger partial charge in [-0.05, 0) is 37.1 Å². The largest absolute Gasteiger partial charge is 0.422 e. The van der Waals surface area contributed by atoms with Crippen LogP contribution in [-0.2, 0) is 4.57 Å². The van der Waals surface area contributed by atoms with Gasteiger partial charge in [-0.3, -0.25) is 0 Å². The lowest BCUT2D eigenvalue weighted by Gasteiger charge is -2.22. The van der Waals surface area contributed by atoms with Crippen LogP contribution in [0.3, 0.4) is 0 Å². The first-order valence-electron chi connectivity index (χ1n) is 7.18. The molecule has 0 aliphatic carbocycles. The zero-order chi connectivity index (χ0) is 14.3. The number of rotatable bonds is 6. The molecule has 3 rings (SSSR count). The Morgan fingerprint density at radius 3 is 2.05 bits per heavy atom. The van der Waals surface area contributed by atoms with E-state index in [4.69, 9.17) is 16.1 Å². The molecule has 2 aliphatic heterocycles. The van der Waals surface area contributed by atoms with Crippen molar-refractivity contribution in [3.05, 3.63) is 29.3 Å². The Balaban J connectivity index is 1.80. The molecule has 2 unspecified atom stereocenters. The van der Waals surface area contributed by atoms with Gasteiger partial charge in [-0.2, -0.15) is 0 Å². The summed E-state index contributed by atoms with van der Waals surface area (Å²) >= 11 is 5.88. The van der Waals surface area contributed by atoms with E-state index in [1.807, 2.05) is 9.34 Å². The highest BCUT2D eigenvalue weighted by molar-refractivity contribution is 7.55. The predicted octanol–water partition coefficient (Wildman–Crippen LogP) is 4.02. The van der Waals surface area contributed by atoms with Crippen LogP contribution in [0.25, 0.3) is 0 Å². The smallest absolute Gasteiger partial charge is 0.396 e. The van der Waals surface area contributed by atoms with Crippen molar-refractivity contribution in [2.75, 3.05) is 13.1 Å². The highest BCUT2D eigenvalue weighted by atomic mass is 35.5. The molecule has 2 fully saturated rings. The van der Waals surface area contributed by atoms with Crippen molar-refractivity contribution < 1.29 is 9.09 Å². The van der Waals surface area contributed by atoms with Crippen molar-refractivity contribution in [3.63, 3.8) is 0 Å². The Morgan fingerprint density at radius 1 is 1.15 bits per heavy atom. The minimum atomic E-state index is -2.90. The fourth-order valence-electron chi connectivity index (χ4n) is 2.52. The molecule has 6 heteroatoms. The molecular formula is C14H20ClN2O2P. The van der Waals surface area contributed by atoms with Gasteiger partial charge in [0.2, 0.25) is 0 Å². The van der Waals surface area contributed by atoms with E-state index in [1.165, 1.54) is 0 Å². The summed E-state index contributed by atoms with van der Waals surface area (Å²) in [7, 11) is -2.90. The van der Waals surface area contributed by atoms with Gasteiger partial charge in [0.25, 0.3) is 0 Å². The van der Waals surface area contributed by atoms with Crippen molar-refractivity contribution in [3.8, 4) is 5.75 Å². The minimum absolute atomic E-state index is 0.395. The second-order valence-electron chi connectivity index (χ2n) is 5.40. The van der Waals surface area contributed by atoms with E-state index in [-0.39, 0.29) is 0 Å². The van der Waals surface area contributed by atoms with Crippen molar-refractivity contribution in [1.82, 2.24) is 9.34 Å². The van der Waals surface area contributed by atoms with E-state index in [0.717, 1.165) is 25.9 Å². The fraction of sp³-hybridized carbons (Fsp3) is 0.571. The lowest BCUT2D eigenvalue weighted by atomic mass is 10.3. The number of halogens is 1. The third kappa shape index (κ3) is 2.62. The number of hydrogen-bond acceptors (Lipinski definition) is 2. The quantitative estimate of drug-likeness (QED) is 0.586. The maximum Gasteiger partial charge on any atom is 0.396 e. The lowest BCUT2D eigenvalue weighted by Crippen LogP contribution is -2.14. The Kier molecular flexibility index (Phi) is 3.85. The SMILES string of the molecule is CC[C@H]1CN1P(=O)(Oc1ccc(Cl)cc1)N1C[C@@H]1CC. The van der Waals surface area contributed by atoms with Crippen molar-refractivity contribution in [1.29, 1.82) is 0 Å². The standard InChI is InChI=1S/C14H20ClN2O2P/c1-3-12-9-16(12)20(18,17-10-13(17)4-2)19-14-7-5-11(15)6-8-14/h5-8,12-13H,3-4,9-10H2,1-2H3/t12-,13-,16?,17?,20?/m0/s1. The Bertz CT molecular complexity index is 514. The third-order valence-electron chi connectivity index (χ3n) is 4.00. The zero-order valence-corrected chi connectivity index (χ0v) is 13.5. The zero-order valence-electron chi connectivity index (χ0n) is 11.8. The first kappa shape index (κ1) is 14.4. The van der Waals surface area contributed by atoms with Gasteiger partial charge in [0.15, 0.2) is 0 Å².